The highest BCUT2D eigenvalue weighted by atomic mass is 32.2. The molecule has 2 amide bonds. The van der Waals surface area contributed by atoms with Crippen LogP contribution in [0.15, 0.2) is 4.99 Å². The van der Waals surface area contributed by atoms with E-state index < -0.39 is 0 Å². The van der Waals surface area contributed by atoms with Crippen LogP contribution in [-0.2, 0) is 9.59 Å². The summed E-state index contributed by atoms with van der Waals surface area (Å²) in [5, 5.41) is 3.54. The highest BCUT2D eigenvalue weighted by Crippen LogP contribution is 2.44. The van der Waals surface area contributed by atoms with Crippen LogP contribution in [-0.4, -0.2) is 46.3 Å². The van der Waals surface area contributed by atoms with Crippen molar-refractivity contribution in [2.45, 2.75) is 56.4 Å². The van der Waals surface area contributed by atoms with Gasteiger partial charge in [0.05, 0.1) is 5.25 Å². The normalized spacial score (nSPS) is 37.1. The average molecular weight is 295 g/mol. The van der Waals surface area contributed by atoms with E-state index in [1.54, 1.807) is 0 Å². The van der Waals surface area contributed by atoms with Gasteiger partial charge in [0.25, 0.3) is 0 Å². The predicted molar refractivity (Wildman–Crippen MR) is 79.6 cm³/mol. The Morgan fingerprint density at radius 2 is 2.30 bits per heavy atom. The molecule has 3 rings (SSSR count). The molecule has 2 unspecified atom stereocenters. The Labute approximate surface area is 123 Å². The number of hydrogen-bond acceptors (Lipinski definition) is 3. The van der Waals surface area contributed by atoms with Crippen molar-refractivity contribution >= 4 is 29.2 Å². The number of aliphatic imine (C=N–C) groups is 1. The van der Waals surface area contributed by atoms with Gasteiger partial charge in [-0.1, -0.05) is 11.8 Å². The molecule has 4 atom stereocenters. The highest BCUT2D eigenvalue weighted by molar-refractivity contribution is 8.14. The summed E-state index contributed by atoms with van der Waals surface area (Å²) in [6, 6.07) is 0.944. The second-order valence-corrected chi connectivity index (χ2v) is 7.10. The van der Waals surface area contributed by atoms with Crippen molar-refractivity contribution in [2.75, 3.05) is 6.54 Å². The molecule has 3 fully saturated rings. The van der Waals surface area contributed by atoms with Crippen molar-refractivity contribution in [2.24, 2.45) is 10.9 Å². The van der Waals surface area contributed by atoms with E-state index in [9.17, 15) is 9.59 Å². The fraction of sp³-hybridized carbons (Fsp3) is 0.786. The van der Waals surface area contributed by atoms with Crippen LogP contribution in [0.3, 0.4) is 0 Å². The summed E-state index contributed by atoms with van der Waals surface area (Å²) in [4.78, 5) is 29.1. The number of nitrogens with zero attached hydrogens (tertiary/aromatic N) is 2. The molecule has 1 N–H and O–H groups in total. The summed E-state index contributed by atoms with van der Waals surface area (Å²) >= 11 is 1.47. The Balaban J connectivity index is 1.74. The zero-order valence-electron chi connectivity index (χ0n) is 11.7. The molecule has 6 heteroatoms. The lowest BCUT2D eigenvalue weighted by Crippen LogP contribution is -2.45. The third-order valence-electron chi connectivity index (χ3n) is 4.83. The van der Waals surface area contributed by atoms with E-state index in [1.807, 2.05) is 0 Å². The van der Waals surface area contributed by atoms with E-state index >= 15 is 0 Å². The van der Waals surface area contributed by atoms with E-state index in [0.717, 1.165) is 30.5 Å². The van der Waals surface area contributed by atoms with Crippen LogP contribution in [0.1, 0.15) is 39.0 Å². The predicted octanol–water partition coefficient (Wildman–Crippen LogP) is 1.38. The lowest BCUT2D eigenvalue weighted by Gasteiger charge is -2.36. The summed E-state index contributed by atoms with van der Waals surface area (Å²) in [5.74, 6) is 0.800. The molecule has 2 heterocycles. The van der Waals surface area contributed by atoms with Gasteiger partial charge in [0.2, 0.25) is 12.3 Å². The average Bonchev–Trinajstić information content (AvgIpc) is 3.02. The number of carbonyl (C=O) groups is 2. The van der Waals surface area contributed by atoms with Crippen LogP contribution in [0.5, 0.6) is 0 Å². The van der Waals surface area contributed by atoms with E-state index in [1.165, 1.54) is 31.0 Å². The minimum absolute atomic E-state index is 0.0804. The largest absolute Gasteiger partial charge is 0.355 e. The van der Waals surface area contributed by atoms with Crippen molar-refractivity contribution in [3.05, 3.63) is 0 Å². The number of thioether (sulfide) groups is 1. The standard InChI is InChI=1S/C14H21N3O2S/c1-9-10-4-5-11(7-10)17(9)14(16-8-18)20-12-3-2-6-15-13(12)19/h8-12H,2-7H2,1H3,(H,15,19)/b16-14-/t9-,10-,11?,12?/m1/s1. The number of amides is 2. The number of likely N-dealkylation sites (tertiary alicyclic amines) is 1. The number of piperidine rings is 2. The molecule has 5 nitrogen and oxygen atoms in total. The van der Waals surface area contributed by atoms with Crippen LogP contribution in [0.2, 0.25) is 0 Å². The number of rotatable bonds is 2. The Morgan fingerprint density at radius 3 is 2.95 bits per heavy atom. The lowest BCUT2D eigenvalue weighted by atomic mass is 10.0. The topological polar surface area (TPSA) is 61.8 Å². The molecule has 2 bridgehead atoms. The fourth-order valence-corrected chi connectivity index (χ4v) is 5.03. The van der Waals surface area contributed by atoms with Crippen LogP contribution in [0.25, 0.3) is 0 Å². The van der Waals surface area contributed by atoms with Gasteiger partial charge in [-0.25, -0.2) is 0 Å². The Hall–Kier alpha value is -1.04. The molecule has 1 aliphatic carbocycles. The Morgan fingerprint density at radius 1 is 1.45 bits per heavy atom. The van der Waals surface area contributed by atoms with Crippen LogP contribution in [0.4, 0.5) is 0 Å². The third-order valence-corrected chi connectivity index (χ3v) is 6.09. The summed E-state index contributed by atoms with van der Waals surface area (Å²) in [6.07, 6.45) is 6.15. The van der Waals surface area contributed by atoms with E-state index in [-0.39, 0.29) is 11.2 Å². The van der Waals surface area contributed by atoms with Crippen molar-refractivity contribution in [1.29, 1.82) is 0 Å². The van der Waals surface area contributed by atoms with Gasteiger partial charge in [-0.15, -0.1) is 0 Å². The molecule has 2 saturated heterocycles. The van der Waals surface area contributed by atoms with E-state index in [0.29, 0.717) is 18.5 Å². The Bertz CT molecular complexity index is 438. The van der Waals surface area contributed by atoms with Gasteiger partial charge in [0.15, 0.2) is 5.17 Å². The molecule has 3 aliphatic rings. The first-order valence-electron chi connectivity index (χ1n) is 7.45. The number of fused-ring (bicyclic) bond motifs is 2. The molecule has 0 aromatic heterocycles. The molecular weight excluding hydrogens is 274 g/mol. The van der Waals surface area contributed by atoms with Gasteiger partial charge < -0.3 is 10.2 Å². The molecule has 1 saturated carbocycles. The number of nitrogens with one attached hydrogen (secondary N) is 1. The molecule has 20 heavy (non-hydrogen) atoms. The summed E-state index contributed by atoms with van der Waals surface area (Å²) in [6.45, 7) is 2.98. The fourth-order valence-electron chi connectivity index (χ4n) is 3.76. The maximum absolute atomic E-state index is 11.9. The zero-order valence-corrected chi connectivity index (χ0v) is 12.6. The summed E-state index contributed by atoms with van der Waals surface area (Å²) in [5.41, 5.74) is 0. The first-order valence-corrected chi connectivity index (χ1v) is 8.33. The van der Waals surface area contributed by atoms with Crippen molar-refractivity contribution in [3.8, 4) is 0 Å². The Kier molecular flexibility index (Phi) is 4.01. The van der Waals surface area contributed by atoms with Gasteiger partial charge >= 0.3 is 0 Å². The van der Waals surface area contributed by atoms with Gasteiger partial charge in [0.1, 0.15) is 0 Å². The van der Waals surface area contributed by atoms with Crippen molar-refractivity contribution < 1.29 is 9.59 Å². The van der Waals surface area contributed by atoms with Gasteiger partial charge in [0, 0.05) is 18.6 Å². The first kappa shape index (κ1) is 13.9. The van der Waals surface area contributed by atoms with Crippen LogP contribution >= 0.6 is 11.8 Å². The van der Waals surface area contributed by atoms with Crippen LogP contribution in [0, 0.1) is 5.92 Å². The SMILES string of the molecule is C[C@@H]1[C@@H]2CCC(C2)N1/C(=N/C=O)SC1CCCNC1=O. The van der Waals surface area contributed by atoms with Gasteiger partial charge in [-0.05, 0) is 44.9 Å². The summed E-state index contributed by atoms with van der Waals surface area (Å²) in [7, 11) is 0. The number of amidine groups is 1. The number of carbonyl (C=O) groups excluding carboxylic acids is 2. The second kappa shape index (κ2) is 5.76. The first-order chi connectivity index (χ1) is 9.70. The molecule has 0 radical (unpaired) electrons. The third kappa shape index (κ3) is 2.45. The maximum Gasteiger partial charge on any atom is 0.235 e. The molecule has 0 aromatic carbocycles. The van der Waals surface area contributed by atoms with E-state index in [4.69, 9.17) is 0 Å². The molecular formula is C14H21N3O2S. The monoisotopic (exact) mass is 295 g/mol. The molecule has 0 spiro atoms. The van der Waals surface area contributed by atoms with Gasteiger partial charge in [-0.3, -0.25) is 9.59 Å². The van der Waals surface area contributed by atoms with Crippen molar-refractivity contribution in [1.82, 2.24) is 10.2 Å². The van der Waals surface area contributed by atoms with E-state index in [2.05, 4.69) is 22.1 Å². The minimum atomic E-state index is -0.103. The molecule has 2 aliphatic heterocycles. The maximum atomic E-state index is 11.9. The van der Waals surface area contributed by atoms with Gasteiger partial charge in [-0.2, -0.15) is 4.99 Å². The minimum Gasteiger partial charge on any atom is -0.355 e. The smallest absolute Gasteiger partial charge is 0.235 e. The molecule has 110 valence electrons. The second-order valence-electron chi connectivity index (χ2n) is 5.93. The van der Waals surface area contributed by atoms with Crippen LogP contribution < -0.4 is 5.32 Å². The highest BCUT2D eigenvalue weighted by Gasteiger charge is 2.45. The molecule has 0 aromatic rings. The quantitative estimate of drug-likeness (QED) is 0.475. The lowest BCUT2D eigenvalue weighted by molar-refractivity contribution is -0.121. The number of hydrogen-bond donors (Lipinski definition) is 1. The summed E-state index contributed by atoms with van der Waals surface area (Å²) < 4.78 is 0. The van der Waals surface area contributed by atoms with Crippen molar-refractivity contribution in [3.63, 3.8) is 0 Å². The zero-order chi connectivity index (χ0) is 14.1.